The zero-order valence-corrected chi connectivity index (χ0v) is 21.4. The highest BCUT2D eigenvalue weighted by Crippen LogP contribution is 2.40. The van der Waals surface area contributed by atoms with Crippen LogP contribution in [0.5, 0.6) is 0 Å². The Balaban J connectivity index is 1.67. The highest BCUT2D eigenvalue weighted by molar-refractivity contribution is 7.17. The van der Waals surface area contributed by atoms with E-state index in [0.29, 0.717) is 0 Å². The van der Waals surface area contributed by atoms with Crippen molar-refractivity contribution >= 4 is 32.5 Å². The van der Waals surface area contributed by atoms with E-state index in [9.17, 15) is 0 Å². The van der Waals surface area contributed by atoms with E-state index in [0.717, 1.165) is 16.9 Å². The normalized spacial score (nSPS) is 12.0. The van der Waals surface area contributed by atoms with Crippen molar-refractivity contribution in [3.05, 3.63) is 108 Å². The molecule has 0 radical (unpaired) electrons. The van der Waals surface area contributed by atoms with E-state index in [1.165, 1.54) is 43.6 Å². The molecule has 0 saturated carbocycles. The van der Waals surface area contributed by atoms with Crippen molar-refractivity contribution in [1.29, 1.82) is 0 Å². The molecule has 0 N–H and O–H groups in total. The number of nitrogens with zero attached hydrogens (tertiary/aromatic N) is 2. The molecule has 4 aromatic carbocycles. The molecule has 0 amide bonds. The molecular formula is C32H28N2S. The van der Waals surface area contributed by atoms with Gasteiger partial charge in [-0.15, -0.1) is 11.3 Å². The zero-order chi connectivity index (χ0) is 24.2. The number of benzene rings is 4. The fourth-order valence-corrected chi connectivity index (χ4v) is 5.83. The third kappa shape index (κ3) is 3.77. The second-order valence-electron chi connectivity index (χ2n) is 10.3. The summed E-state index contributed by atoms with van der Waals surface area (Å²) in [6.45, 7) is 9.04. The Morgan fingerprint density at radius 1 is 0.771 bits per heavy atom. The second kappa shape index (κ2) is 8.21. The van der Waals surface area contributed by atoms with Crippen LogP contribution in [-0.4, -0.2) is 9.55 Å². The first-order chi connectivity index (χ1) is 16.9. The zero-order valence-electron chi connectivity index (χ0n) is 20.5. The van der Waals surface area contributed by atoms with Crippen molar-refractivity contribution in [1.82, 2.24) is 9.55 Å². The standard InChI is InChI=1S/C32H28N2S/c1-21-14-17-30-24(18-21)25(20-35-30)31-33-27-12-8-9-13-29(27)34(31)28-16-15-23(19-26(28)32(2,3)4)22-10-6-5-7-11-22/h5-20H,1-4H3. The lowest BCUT2D eigenvalue weighted by atomic mass is 9.84. The minimum Gasteiger partial charge on any atom is -0.292 e. The lowest BCUT2D eigenvalue weighted by Gasteiger charge is -2.25. The molecule has 3 heteroatoms. The van der Waals surface area contributed by atoms with Gasteiger partial charge in [0.2, 0.25) is 0 Å². The van der Waals surface area contributed by atoms with Gasteiger partial charge in [-0.05, 0) is 65.4 Å². The molecule has 0 aliphatic heterocycles. The Kier molecular flexibility index (Phi) is 5.12. The number of aryl methyl sites for hydroxylation is 1. The van der Waals surface area contributed by atoms with Gasteiger partial charge in [0.15, 0.2) is 0 Å². The van der Waals surface area contributed by atoms with Crippen LogP contribution >= 0.6 is 11.3 Å². The number of thiophene rings is 1. The van der Waals surface area contributed by atoms with Gasteiger partial charge in [0.05, 0.1) is 16.7 Å². The first-order valence-electron chi connectivity index (χ1n) is 12.1. The average molecular weight is 473 g/mol. The number of hydrogen-bond acceptors (Lipinski definition) is 2. The van der Waals surface area contributed by atoms with E-state index in [4.69, 9.17) is 4.98 Å². The van der Waals surface area contributed by atoms with Crippen LogP contribution in [0.15, 0.2) is 96.4 Å². The summed E-state index contributed by atoms with van der Waals surface area (Å²) in [5, 5.41) is 3.53. The molecule has 0 spiro atoms. The molecule has 0 saturated heterocycles. The predicted molar refractivity (Wildman–Crippen MR) is 151 cm³/mol. The molecule has 172 valence electrons. The number of imidazole rings is 1. The summed E-state index contributed by atoms with van der Waals surface area (Å²) in [6.07, 6.45) is 0. The molecule has 0 unspecified atom stereocenters. The molecule has 2 nitrogen and oxygen atoms in total. The molecule has 6 rings (SSSR count). The largest absolute Gasteiger partial charge is 0.292 e. The Labute approximate surface area is 210 Å². The Hall–Kier alpha value is -3.69. The maximum absolute atomic E-state index is 5.18. The molecule has 0 aliphatic carbocycles. The first kappa shape index (κ1) is 21.8. The fraction of sp³-hybridized carbons (Fsp3) is 0.156. The summed E-state index contributed by atoms with van der Waals surface area (Å²) < 4.78 is 3.66. The van der Waals surface area contributed by atoms with Gasteiger partial charge in [0.25, 0.3) is 0 Å². The summed E-state index contributed by atoms with van der Waals surface area (Å²) in [5.74, 6) is 1.00. The van der Waals surface area contributed by atoms with Crippen LogP contribution < -0.4 is 0 Å². The third-order valence-corrected chi connectivity index (χ3v) is 7.65. The van der Waals surface area contributed by atoms with Crippen LogP contribution in [0, 0.1) is 6.92 Å². The molecule has 0 bridgehead atoms. The summed E-state index contributed by atoms with van der Waals surface area (Å²) >= 11 is 1.79. The van der Waals surface area contributed by atoms with Gasteiger partial charge in [0.1, 0.15) is 5.82 Å². The van der Waals surface area contributed by atoms with Crippen LogP contribution in [0.3, 0.4) is 0 Å². The minimum absolute atomic E-state index is 0.0456. The number of aromatic nitrogens is 2. The quantitative estimate of drug-likeness (QED) is 0.251. The van der Waals surface area contributed by atoms with Crippen molar-refractivity contribution in [3.63, 3.8) is 0 Å². The lowest BCUT2D eigenvalue weighted by Crippen LogP contribution is -2.16. The van der Waals surface area contributed by atoms with Crippen molar-refractivity contribution in [3.8, 4) is 28.2 Å². The van der Waals surface area contributed by atoms with Gasteiger partial charge in [-0.25, -0.2) is 4.98 Å². The fourth-order valence-electron chi connectivity index (χ4n) is 4.91. The van der Waals surface area contributed by atoms with Crippen LogP contribution in [0.2, 0.25) is 0 Å². The SMILES string of the molecule is Cc1ccc2scc(-c3nc4ccccc4n3-c3ccc(-c4ccccc4)cc3C(C)(C)C)c2c1. The average Bonchev–Trinajstić information content (AvgIpc) is 3.44. The molecule has 0 aliphatic rings. The van der Waals surface area contributed by atoms with E-state index in [-0.39, 0.29) is 5.41 Å². The number of fused-ring (bicyclic) bond motifs is 2. The van der Waals surface area contributed by atoms with Gasteiger partial charge in [0, 0.05) is 21.0 Å². The third-order valence-electron chi connectivity index (χ3n) is 6.68. The molecule has 2 aromatic heterocycles. The number of hydrogen-bond donors (Lipinski definition) is 0. The van der Waals surface area contributed by atoms with E-state index in [2.05, 4.69) is 129 Å². The van der Waals surface area contributed by atoms with Gasteiger partial charge < -0.3 is 0 Å². The molecule has 0 fully saturated rings. The van der Waals surface area contributed by atoms with Crippen molar-refractivity contribution < 1.29 is 0 Å². The maximum Gasteiger partial charge on any atom is 0.147 e. The summed E-state index contributed by atoms with van der Waals surface area (Å²) in [6, 6.07) is 32.7. The van der Waals surface area contributed by atoms with E-state index in [1.807, 2.05) is 0 Å². The van der Waals surface area contributed by atoms with Gasteiger partial charge in [-0.2, -0.15) is 0 Å². The second-order valence-corrected chi connectivity index (χ2v) is 11.2. The van der Waals surface area contributed by atoms with Crippen LogP contribution in [0.25, 0.3) is 49.3 Å². The van der Waals surface area contributed by atoms with Gasteiger partial charge in [-0.1, -0.05) is 80.9 Å². The summed E-state index contributed by atoms with van der Waals surface area (Å²) in [4.78, 5) is 5.18. The van der Waals surface area contributed by atoms with E-state index < -0.39 is 0 Å². The van der Waals surface area contributed by atoms with Crippen molar-refractivity contribution in [2.24, 2.45) is 0 Å². The smallest absolute Gasteiger partial charge is 0.147 e. The topological polar surface area (TPSA) is 17.8 Å². The molecule has 6 aromatic rings. The monoisotopic (exact) mass is 472 g/mol. The van der Waals surface area contributed by atoms with E-state index >= 15 is 0 Å². The molecule has 35 heavy (non-hydrogen) atoms. The molecular weight excluding hydrogens is 444 g/mol. The van der Waals surface area contributed by atoms with Gasteiger partial charge >= 0.3 is 0 Å². The lowest BCUT2D eigenvalue weighted by molar-refractivity contribution is 0.587. The van der Waals surface area contributed by atoms with Gasteiger partial charge in [-0.3, -0.25) is 4.57 Å². The summed E-state index contributed by atoms with van der Waals surface area (Å²) in [7, 11) is 0. The van der Waals surface area contributed by atoms with Crippen molar-refractivity contribution in [2.75, 3.05) is 0 Å². The van der Waals surface area contributed by atoms with Crippen LogP contribution in [-0.2, 0) is 5.41 Å². The predicted octanol–water partition coefficient (Wildman–Crippen LogP) is 9.18. The maximum atomic E-state index is 5.18. The van der Waals surface area contributed by atoms with E-state index in [1.54, 1.807) is 11.3 Å². The number of para-hydroxylation sites is 2. The highest BCUT2D eigenvalue weighted by Gasteiger charge is 2.24. The van der Waals surface area contributed by atoms with Crippen LogP contribution in [0.4, 0.5) is 0 Å². The Morgan fingerprint density at radius 2 is 1.54 bits per heavy atom. The van der Waals surface area contributed by atoms with Crippen molar-refractivity contribution in [2.45, 2.75) is 33.1 Å². The Bertz CT molecular complexity index is 1680. The minimum atomic E-state index is -0.0456. The van der Waals surface area contributed by atoms with Crippen LogP contribution in [0.1, 0.15) is 31.9 Å². The Morgan fingerprint density at radius 3 is 2.34 bits per heavy atom. The first-order valence-corrected chi connectivity index (χ1v) is 12.9. The molecule has 2 heterocycles. The summed E-state index contributed by atoms with van der Waals surface area (Å²) in [5.41, 5.74) is 9.53. The number of rotatable bonds is 3. The highest BCUT2D eigenvalue weighted by atomic mass is 32.1. The molecule has 0 atom stereocenters.